The molecule has 0 spiro atoms. The van der Waals surface area contributed by atoms with E-state index in [-0.39, 0.29) is 18.4 Å². The predicted molar refractivity (Wildman–Crippen MR) is 114 cm³/mol. The van der Waals surface area contributed by atoms with Gasteiger partial charge >= 0.3 is 0 Å². The molecule has 0 aliphatic heterocycles. The van der Waals surface area contributed by atoms with Gasteiger partial charge in [0.25, 0.3) is 5.91 Å². The first-order chi connectivity index (χ1) is 15.2. The van der Waals surface area contributed by atoms with Gasteiger partial charge in [-0.15, -0.1) is 0 Å². The van der Waals surface area contributed by atoms with E-state index in [0.717, 1.165) is 11.1 Å². The zero-order valence-corrected chi connectivity index (χ0v) is 16.5. The first-order valence-corrected chi connectivity index (χ1v) is 9.63. The first kappa shape index (κ1) is 20.0. The number of hydrogen-bond acceptors (Lipinski definition) is 6. The van der Waals surface area contributed by atoms with E-state index in [4.69, 9.17) is 4.52 Å². The molecule has 4 rings (SSSR count). The number of carbonyl (C=O) groups excluding carboxylic acids is 2. The van der Waals surface area contributed by atoms with E-state index >= 15 is 0 Å². The zero-order valence-electron chi connectivity index (χ0n) is 16.5. The lowest BCUT2D eigenvalue weighted by molar-refractivity contribution is -0.115. The van der Waals surface area contributed by atoms with Crippen molar-refractivity contribution in [1.82, 2.24) is 20.4 Å². The van der Waals surface area contributed by atoms with Gasteiger partial charge in [0, 0.05) is 29.2 Å². The van der Waals surface area contributed by atoms with Crippen LogP contribution in [0.25, 0.3) is 11.4 Å². The minimum Gasteiger partial charge on any atom is -0.343 e. The third-order valence-corrected chi connectivity index (χ3v) is 4.47. The van der Waals surface area contributed by atoms with Crippen LogP contribution in [0.15, 0.2) is 83.6 Å². The van der Waals surface area contributed by atoms with Crippen LogP contribution < -0.4 is 10.6 Å². The van der Waals surface area contributed by atoms with Crippen molar-refractivity contribution in [3.8, 4) is 11.4 Å². The molecule has 31 heavy (non-hydrogen) atoms. The third kappa shape index (κ3) is 5.18. The Kier molecular flexibility index (Phi) is 6.08. The molecule has 8 heteroatoms. The Morgan fingerprint density at radius 3 is 2.55 bits per heavy atom. The first-order valence-electron chi connectivity index (χ1n) is 9.63. The van der Waals surface area contributed by atoms with E-state index in [9.17, 15) is 9.59 Å². The molecular formula is C23H19N5O3. The lowest BCUT2D eigenvalue weighted by Crippen LogP contribution is -2.33. The van der Waals surface area contributed by atoms with Crippen molar-refractivity contribution >= 4 is 17.5 Å². The summed E-state index contributed by atoms with van der Waals surface area (Å²) >= 11 is 0. The highest BCUT2D eigenvalue weighted by Gasteiger charge is 2.13. The maximum Gasteiger partial charge on any atom is 0.251 e. The summed E-state index contributed by atoms with van der Waals surface area (Å²) in [6, 6.07) is 19.7. The summed E-state index contributed by atoms with van der Waals surface area (Å²) in [6.45, 7) is -0.145. The van der Waals surface area contributed by atoms with Gasteiger partial charge < -0.3 is 15.2 Å². The molecule has 2 heterocycles. The van der Waals surface area contributed by atoms with Gasteiger partial charge in [0.2, 0.25) is 17.6 Å². The van der Waals surface area contributed by atoms with E-state index in [1.165, 1.54) is 0 Å². The van der Waals surface area contributed by atoms with E-state index in [0.29, 0.717) is 29.4 Å². The van der Waals surface area contributed by atoms with E-state index in [1.54, 1.807) is 48.8 Å². The van der Waals surface area contributed by atoms with Crippen molar-refractivity contribution in [2.45, 2.75) is 6.42 Å². The number of hydrogen-bond donors (Lipinski definition) is 2. The van der Waals surface area contributed by atoms with Crippen LogP contribution in [0.3, 0.4) is 0 Å². The number of benzene rings is 2. The number of pyridine rings is 1. The van der Waals surface area contributed by atoms with Crippen LogP contribution in [0, 0.1) is 0 Å². The smallest absolute Gasteiger partial charge is 0.251 e. The van der Waals surface area contributed by atoms with Crippen molar-refractivity contribution in [3.63, 3.8) is 0 Å². The summed E-state index contributed by atoms with van der Waals surface area (Å²) in [5.74, 6) is 0.224. The number of nitrogens with one attached hydrogen (secondary N) is 2. The van der Waals surface area contributed by atoms with Crippen molar-refractivity contribution in [2.24, 2.45) is 0 Å². The molecule has 0 unspecified atom stereocenters. The topological polar surface area (TPSA) is 110 Å². The normalized spacial score (nSPS) is 10.5. The van der Waals surface area contributed by atoms with Gasteiger partial charge in [0.05, 0.1) is 13.0 Å². The monoisotopic (exact) mass is 413 g/mol. The molecule has 0 atom stereocenters. The van der Waals surface area contributed by atoms with E-state index < -0.39 is 0 Å². The molecule has 0 radical (unpaired) electrons. The minimum atomic E-state index is -0.335. The molecule has 0 fully saturated rings. The van der Waals surface area contributed by atoms with E-state index in [2.05, 4.69) is 25.8 Å². The second-order valence-electron chi connectivity index (χ2n) is 6.68. The number of anilines is 1. The molecular weight excluding hydrogens is 394 g/mol. The van der Waals surface area contributed by atoms with Crippen LogP contribution >= 0.6 is 0 Å². The van der Waals surface area contributed by atoms with Gasteiger partial charge in [0.1, 0.15) is 0 Å². The Morgan fingerprint density at radius 1 is 0.935 bits per heavy atom. The standard InChI is InChI=1S/C23H19N5O3/c29-20(15-25-23(30)16-7-2-1-3-8-16)26-19-11-5-4-9-17(19)13-21-27-22(28-31-21)18-10-6-12-24-14-18/h1-12,14H,13,15H2,(H,25,30)(H,26,29). The molecule has 0 aliphatic carbocycles. The SMILES string of the molecule is O=C(CNC(=O)c1ccccc1)Nc1ccccc1Cc1nc(-c2cccnc2)no1. The fourth-order valence-corrected chi connectivity index (χ4v) is 2.94. The summed E-state index contributed by atoms with van der Waals surface area (Å²) in [6.07, 6.45) is 3.68. The second kappa shape index (κ2) is 9.45. The number of amides is 2. The van der Waals surface area contributed by atoms with Gasteiger partial charge in [-0.2, -0.15) is 4.98 Å². The van der Waals surface area contributed by atoms with Crippen molar-refractivity contribution < 1.29 is 14.1 Å². The van der Waals surface area contributed by atoms with Gasteiger partial charge in [-0.1, -0.05) is 41.6 Å². The Hall–Kier alpha value is -4.33. The molecule has 2 amide bonds. The predicted octanol–water partition coefficient (Wildman–Crippen LogP) is 3.09. The van der Waals surface area contributed by atoms with E-state index in [1.807, 2.05) is 30.3 Å². The van der Waals surface area contributed by atoms with Crippen LogP contribution in [-0.2, 0) is 11.2 Å². The Morgan fingerprint density at radius 2 is 1.74 bits per heavy atom. The van der Waals surface area contributed by atoms with Crippen LogP contribution in [-0.4, -0.2) is 33.5 Å². The molecule has 0 saturated carbocycles. The average Bonchev–Trinajstić information content (AvgIpc) is 3.28. The summed E-state index contributed by atoms with van der Waals surface area (Å²) in [4.78, 5) is 32.9. The number of para-hydroxylation sites is 1. The van der Waals surface area contributed by atoms with Crippen LogP contribution in [0.5, 0.6) is 0 Å². The Bertz CT molecular complexity index is 1180. The highest BCUT2D eigenvalue weighted by Crippen LogP contribution is 2.20. The van der Waals surface area contributed by atoms with Crippen molar-refractivity contribution in [2.75, 3.05) is 11.9 Å². The fourth-order valence-electron chi connectivity index (χ4n) is 2.94. The molecule has 154 valence electrons. The molecule has 0 bridgehead atoms. The van der Waals surface area contributed by atoms with Gasteiger partial charge in [-0.25, -0.2) is 0 Å². The highest BCUT2D eigenvalue weighted by atomic mass is 16.5. The maximum absolute atomic E-state index is 12.4. The van der Waals surface area contributed by atoms with Crippen LogP contribution in [0.4, 0.5) is 5.69 Å². The Labute approximate surface area is 178 Å². The molecule has 8 nitrogen and oxygen atoms in total. The molecule has 2 aromatic carbocycles. The van der Waals surface area contributed by atoms with Gasteiger partial charge in [-0.05, 0) is 35.9 Å². The lowest BCUT2D eigenvalue weighted by atomic mass is 10.1. The largest absolute Gasteiger partial charge is 0.343 e. The second-order valence-corrected chi connectivity index (χ2v) is 6.68. The summed E-state index contributed by atoms with van der Waals surface area (Å²) in [7, 11) is 0. The molecule has 2 aromatic heterocycles. The van der Waals surface area contributed by atoms with Crippen LogP contribution in [0.2, 0.25) is 0 Å². The molecule has 4 aromatic rings. The number of nitrogens with zero attached hydrogens (tertiary/aromatic N) is 3. The summed E-state index contributed by atoms with van der Waals surface area (Å²) in [5.41, 5.74) is 2.68. The number of rotatable bonds is 7. The van der Waals surface area contributed by atoms with Crippen molar-refractivity contribution in [1.29, 1.82) is 0 Å². The van der Waals surface area contributed by atoms with Gasteiger partial charge in [0.15, 0.2) is 0 Å². The maximum atomic E-state index is 12.4. The zero-order chi connectivity index (χ0) is 21.5. The highest BCUT2D eigenvalue weighted by molar-refractivity contribution is 5.99. The van der Waals surface area contributed by atoms with Crippen molar-refractivity contribution in [3.05, 3.63) is 96.1 Å². The molecule has 0 aliphatic rings. The fraction of sp³-hybridized carbons (Fsp3) is 0.0870. The average molecular weight is 413 g/mol. The number of aromatic nitrogens is 3. The number of carbonyl (C=O) groups is 2. The quantitative estimate of drug-likeness (QED) is 0.482. The van der Waals surface area contributed by atoms with Crippen LogP contribution in [0.1, 0.15) is 21.8 Å². The summed E-state index contributed by atoms with van der Waals surface area (Å²) in [5, 5.41) is 9.42. The van der Waals surface area contributed by atoms with Gasteiger partial charge in [-0.3, -0.25) is 14.6 Å². The lowest BCUT2D eigenvalue weighted by Gasteiger charge is -2.10. The summed E-state index contributed by atoms with van der Waals surface area (Å²) < 4.78 is 5.35. The molecule has 0 saturated heterocycles. The third-order valence-electron chi connectivity index (χ3n) is 4.47. The Balaban J connectivity index is 1.39. The molecule has 2 N–H and O–H groups in total. The minimum absolute atomic E-state index is 0.145.